The number of anilines is 1. The molecule has 0 unspecified atom stereocenters. The van der Waals surface area contributed by atoms with Crippen LogP contribution in [0.1, 0.15) is 41.5 Å². The molecular formula is C16H21N3O3S. The van der Waals surface area contributed by atoms with Gasteiger partial charge in [0.05, 0.1) is 0 Å². The quantitative estimate of drug-likeness (QED) is 0.593. The zero-order valence-corrected chi connectivity index (χ0v) is 13.8. The number of aryl methyl sites for hydroxylation is 2. The number of rotatable bonds is 1. The van der Waals surface area contributed by atoms with Crippen molar-refractivity contribution >= 4 is 27.9 Å². The van der Waals surface area contributed by atoms with Crippen LogP contribution < -0.4 is 10.0 Å². The molecule has 124 valence electrons. The minimum absolute atomic E-state index is 0.233. The summed E-state index contributed by atoms with van der Waals surface area (Å²) in [6.07, 6.45) is 6.56. The van der Waals surface area contributed by atoms with Gasteiger partial charge in [-0.15, -0.1) is 0 Å². The summed E-state index contributed by atoms with van der Waals surface area (Å²) >= 11 is 0. The smallest absolute Gasteiger partial charge is 0.328 e. The number of fused-ring (bicyclic) bond motifs is 2. The average Bonchev–Trinajstić information content (AvgIpc) is 3.18. The largest absolute Gasteiger partial charge is 0.353 e. The van der Waals surface area contributed by atoms with E-state index in [1.807, 2.05) is 0 Å². The van der Waals surface area contributed by atoms with Crippen molar-refractivity contribution in [2.24, 2.45) is 4.36 Å². The van der Waals surface area contributed by atoms with Crippen LogP contribution in [-0.2, 0) is 40.8 Å². The second kappa shape index (κ2) is 5.42. The molecule has 1 saturated heterocycles. The zero-order valence-electron chi connectivity index (χ0n) is 12.9. The first-order valence-electron chi connectivity index (χ1n) is 8.17. The normalized spacial score (nSPS) is 22.2. The van der Waals surface area contributed by atoms with Crippen molar-refractivity contribution in [1.29, 1.82) is 0 Å². The highest BCUT2D eigenvalue weighted by molar-refractivity contribution is 7.99. The molecule has 6 nitrogen and oxygen atoms in total. The average molecular weight is 335 g/mol. The van der Waals surface area contributed by atoms with E-state index < -0.39 is 16.3 Å². The molecule has 3 aliphatic rings. The van der Waals surface area contributed by atoms with Crippen LogP contribution in [0.5, 0.6) is 0 Å². The molecule has 3 amide bonds. The van der Waals surface area contributed by atoms with Gasteiger partial charge < -0.3 is 9.87 Å². The van der Waals surface area contributed by atoms with Gasteiger partial charge in [-0.2, -0.15) is 4.36 Å². The highest BCUT2D eigenvalue weighted by Gasteiger charge is 2.26. The molecule has 0 spiro atoms. The third kappa shape index (κ3) is 2.68. The van der Waals surface area contributed by atoms with Crippen molar-refractivity contribution in [2.75, 3.05) is 11.1 Å². The number of amides is 3. The highest BCUT2D eigenvalue weighted by Crippen LogP contribution is 2.38. The van der Waals surface area contributed by atoms with Crippen molar-refractivity contribution < 1.29 is 14.1 Å². The number of benzene rings is 1. The summed E-state index contributed by atoms with van der Waals surface area (Å²) in [6.45, 7) is 0. The highest BCUT2D eigenvalue weighted by atomic mass is 32.3. The van der Waals surface area contributed by atoms with Crippen LogP contribution in [0.25, 0.3) is 0 Å². The van der Waals surface area contributed by atoms with Gasteiger partial charge in [0, 0.05) is 17.9 Å². The van der Waals surface area contributed by atoms with E-state index in [4.69, 9.17) is 0 Å². The number of urea groups is 1. The van der Waals surface area contributed by atoms with Crippen LogP contribution >= 0.6 is 0 Å². The molecule has 0 atom stereocenters. The Morgan fingerprint density at radius 3 is 2.35 bits per heavy atom. The minimum Gasteiger partial charge on any atom is -0.328 e. The SMILES string of the molecule is O=C1CC[SH](O)(=NC(=O)Nc2c3c(cc4c2CCC4)CCC3)N1. The molecule has 2 aliphatic carbocycles. The minimum atomic E-state index is -3.00. The van der Waals surface area contributed by atoms with Crippen LogP contribution in [0.3, 0.4) is 0 Å². The fraction of sp³-hybridized carbons (Fsp3) is 0.500. The van der Waals surface area contributed by atoms with E-state index >= 15 is 0 Å². The van der Waals surface area contributed by atoms with Gasteiger partial charge in [-0.05, 0) is 71.1 Å². The Balaban J connectivity index is 1.66. The molecule has 23 heavy (non-hydrogen) atoms. The number of thiol groups is 1. The molecule has 0 radical (unpaired) electrons. The zero-order chi connectivity index (χ0) is 16.0. The van der Waals surface area contributed by atoms with Crippen LogP contribution in [0.2, 0.25) is 0 Å². The van der Waals surface area contributed by atoms with E-state index in [1.54, 1.807) is 0 Å². The van der Waals surface area contributed by atoms with Gasteiger partial charge in [0.2, 0.25) is 5.91 Å². The summed E-state index contributed by atoms with van der Waals surface area (Å²) in [5.74, 6) is 0.00318. The monoisotopic (exact) mass is 335 g/mol. The first-order chi connectivity index (χ1) is 11.0. The number of carbonyl (C=O) groups is 2. The molecule has 0 aromatic heterocycles. The number of hydrogen-bond acceptors (Lipinski definition) is 2. The summed E-state index contributed by atoms with van der Waals surface area (Å²) in [5, 5.41) is 2.92. The number of carbonyl (C=O) groups excluding carboxylic acids is 2. The van der Waals surface area contributed by atoms with E-state index in [0.29, 0.717) is 0 Å². The molecule has 1 aromatic carbocycles. The lowest BCUT2D eigenvalue weighted by Gasteiger charge is -2.18. The molecule has 0 bridgehead atoms. The Hall–Kier alpha value is -1.73. The molecule has 7 heteroatoms. The lowest BCUT2D eigenvalue weighted by atomic mass is 9.99. The van der Waals surface area contributed by atoms with E-state index in [1.165, 1.54) is 22.3 Å². The molecule has 1 aromatic rings. The van der Waals surface area contributed by atoms with E-state index in [0.717, 1.165) is 44.2 Å². The van der Waals surface area contributed by atoms with Crippen molar-refractivity contribution in [3.63, 3.8) is 0 Å². The summed E-state index contributed by atoms with van der Waals surface area (Å²) in [4.78, 5) is 23.6. The molecule has 1 aliphatic heterocycles. The van der Waals surface area contributed by atoms with Crippen molar-refractivity contribution in [3.8, 4) is 0 Å². The van der Waals surface area contributed by atoms with Gasteiger partial charge in [0.15, 0.2) is 0 Å². The maximum atomic E-state index is 12.3. The topological polar surface area (TPSA) is 90.8 Å². The summed E-state index contributed by atoms with van der Waals surface area (Å²) in [7, 11) is -3.00. The standard InChI is InChI=1S/C16H21N3O3S/c20-14-7-8-23(22,18-14)19-16(21)17-15-12-5-1-3-10(12)9-11-4-2-6-13(11)15/h9,23H,1-8H2,(H3,17,18,19,20,21,22). The van der Waals surface area contributed by atoms with E-state index in [-0.39, 0.29) is 18.1 Å². The Labute approximate surface area is 136 Å². The van der Waals surface area contributed by atoms with Gasteiger partial charge in [-0.1, -0.05) is 6.07 Å². The molecule has 0 saturated carbocycles. The first kappa shape index (κ1) is 14.8. The number of nitrogens with one attached hydrogen (secondary N) is 2. The van der Waals surface area contributed by atoms with Crippen LogP contribution in [-0.4, -0.2) is 22.2 Å². The lowest BCUT2D eigenvalue weighted by Crippen LogP contribution is -2.29. The van der Waals surface area contributed by atoms with Crippen LogP contribution in [0.4, 0.5) is 10.5 Å². The molecule has 4 rings (SSSR count). The van der Waals surface area contributed by atoms with E-state index in [2.05, 4.69) is 20.5 Å². The summed E-state index contributed by atoms with van der Waals surface area (Å²) in [5.41, 5.74) is 6.05. The van der Waals surface area contributed by atoms with E-state index in [9.17, 15) is 14.1 Å². The van der Waals surface area contributed by atoms with Gasteiger partial charge in [-0.3, -0.25) is 9.52 Å². The molecule has 1 fully saturated rings. The van der Waals surface area contributed by atoms with Gasteiger partial charge in [-0.25, -0.2) is 4.79 Å². The fourth-order valence-electron chi connectivity index (χ4n) is 3.89. The van der Waals surface area contributed by atoms with Crippen molar-refractivity contribution in [2.45, 2.75) is 44.9 Å². The Morgan fingerprint density at radius 2 is 1.78 bits per heavy atom. The second-order valence-electron chi connectivity index (χ2n) is 6.50. The molecular weight excluding hydrogens is 314 g/mol. The van der Waals surface area contributed by atoms with Gasteiger partial charge in [0.1, 0.15) is 0 Å². The Bertz CT molecular complexity index is 740. The maximum absolute atomic E-state index is 12.3. The summed E-state index contributed by atoms with van der Waals surface area (Å²) in [6, 6.07) is 1.76. The predicted molar refractivity (Wildman–Crippen MR) is 91.0 cm³/mol. The second-order valence-corrected chi connectivity index (χ2v) is 8.83. The van der Waals surface area contributed by atoms with Crippen molar-refractivity contribution in [1.82, 2.24) is 4.72 Å². The Morgan fingerprint density at radius 1 is 1.13 bits per heavy atom. The Kier molecular flexibility index (Phi) is 3.50. The number of nitrogens with zero attached hydrogens (tertiary/aromatic N) is 1. The maximum Gasteiger partial charge on any atom is 0.353 e. The third-order valence-electron chi connectivity index (χ3n) is 4.92. The van der Waals surface area contributed by atoms with Crippen molar-refractivity contribution in [3.05, 3.63) is 28.3 Å². The molecule has 3 N–H and O–H groups in total. The third-order valence-corrected chi connectivity index (χ3v) is 6.88. The number of hydrogen-bond donors (Lipinski definition) is 4. The van der Waals surface area contributed by atoms with Gasteiger partial charge in [0.25, 0.3) is 0 Å². The predicted octanol–water partition coefficient (Wildman–Crippen LogP) is 2.17. The van der Waals surface area contributed by atoms with Crippen LogP contribution in [0.15, 0.2) is 10.4 Å². The summed E-state index contributed by atoms with van der Waals surface area (Å²) < 4.78 is 16.6. The lowest BCUT2D eigenvalue weighted by molar-refractivity contribution is -0.118. The molecule has 1 heterocycles. The van der Waals surface area contributed by atoms with Crippen LogP contribution in [0, 0.1) is 0 Å². The fourth-order valence-corrected chi connectivity index (χ4v) is 5.53. The van der Waals surface area contributed by atoms with Gasteiger partial charge >= 0.3 is 6.03 Å². The first-order valence-corrected chi connectivity index (χ1v) is 10.0.